The Hall–Kier alpha value is -2.40. The van der Waals surface area contributed by atoms with E-state index in [1.54, 1.807) is 24.4 Å². The van der Waals surface area contributed by atoms with Gasteiger partial charge in [-0.3, -0.25) is 14.6 Å². The minimum absolute atomic E-state index is 0.0741. The van der Waals surface area contributed by atoms with Crippen LogP contribution in [0.5, 0.6) is 0 Å². The number of anilines is 1. The van der Waals surface area contributed by atoms with Gasteiger partial charge in [-0.1, -0.05) is 43.6 Å². The first-order valence-corrected chi connectivity index (χ1v) is 7.63. The first kappa shape index (κ1) is 17.0. The van der Waals surface area contributed by atoms with Gasteiger partial charge in [-0.2, -0.15) is 0 Å². The normalized spacial score (nSPS) is 11.8. The van der Waals surface area contributed by atoms with E-state index in [1.165, 1.54) is 6.20 Å². The number of amides is 2. The van der Waals surface area contributed by atoms with Gasteiger partial charge in [-0.05, 0) is 29.7 Å². The van der Waals surface area contributed by atoms with Crippen molar-refractivity contribution in [3.05, 3.63) is 59.4 Å². The molecular weight excluding hydrogens is 314 g/mol. The average molecular weight is 332 g/mol. The Morgan fingerprint density at radius 3 is 2.43 bits per heavy atom. The van der Waals surface area contributed by atoms with Crippen LogP contribution in [0.15, 0.2) is 48.8 Å². The Bertz CT molecular complexity index is 689. The molecule has 0 aliphatic rings. The molecule has 1 heterocycles. The number of rotatable bonds is 4. The van der Waals surface area contributed by atoms with Gasteiger partial charge in [0.2, 0.25) is 0 Å². The number of carbonyl (C=O) groups is 2. The molecule has 0 aliphatic heterocycles. The smallest absolute Gasteiger partial charge is 0.313 e. The highest BCUT2D eigenvalue weighted by Crippen LogP contribution is 2.28. The maximum absolute atomic E-state index is 12.2. The summed E-state index contributed by atoms with van der Waals surface area (Å²) in [7, 11) is 0. The van der Waals surface area contributed by atoms with Crippen molar-refractivity contribution in [1.29, 1.82) is 0 Å². The molecule has 0 saturated carbocycles. The maximum Gasteiger partial charge on any atom is 0.313 e. The summed E-state index contributed by atoms with van der Waals surface area (Å²) in [5.74, 6) is -1.38. The molecule has 2 N–H and O–H groups in total. The second-order valence-corrected chi connectivity index (χ2v) is 5.82. The van der Waals surface area contributed by atoms with Crippen molar-refractivity contribution in [3.8, 4) is 0 Å². The zero-order chi connectivity index (χ0) is 16.8. The Labute approximate surface area is 140 Å². The molecule has 2 amide bonds. The van der Waals surface area contributed by atoms with Gasteiger partial charge in [0.15, 0.2) is 0 Å². The molecular formula is C17H18ClN3O2. The first-order chi connectivity index (χ1) is 11.0. The van der Waals surface area contributed by atoms with Crippen molar-refractivity contribution in [2.75, 3.05) is 5.32 Å². The number of halogens is 1. The molecule has 23 heavy (non-hydrogen) atoms. The van der Waals surface area contributed by atoms with Gasteiger partial charge < -0.3 is 10.6 Å². The second kappa shape index (κ2) is 7.74. The SMILES string of the molecule is CC(C)[C@@H](NC(=O)C(=O)Nc1cccnc1)c1ccccc1Cl. The number of hydrogen-bond acceptors (Lipinski definition) is 3. The minimum Gasteiger partial charge on any atom is -0.341 e. The molecule has 0 spiro atoms. The monoisotopic (exact) mass is 331 g/mol. The standard InChI is InChI=1S/C17H18ClN3O2/c1-11(2)15(13-7-3-4-8-14(13)18)21-17(23)16(22)20-12-6-5-9-19-10-12/h3-11,15H,1-2H3,(H,20,22)(H,21,23)/t15-/m1/s1. The summed E-state index contributed by atoms with van der Waals surface area (Å²) in [6, 6.07) is 10.2. The molecule has 0 unspecified atom stereocenters. The topological polar surface area (TPSA) is 71.1 Å². The number of hydrogen-bond donors (Lipinski definition) is 2. The molecule has 6 heteroatoms. The molecule has 1 atom stereocenters. The zero-order valence-corrected chi connectivity index (χ0v) is 13.7. The fraction of sp³-hybridized carbons (Fsp3) is 0.235. The van der Waals surface area contributed by atoms with Crippen LogP contribution < -0.4 is 10.6 Å². The fourth-order valence-electron chi connectivity index (χ4n) is 2.16. The first-order valence-electron chi connectivity index (χ1n) is 7.25. The third-order valence-corrected chi connectivity index (χ3v) is 3.66. The summed E-state index contributed by atoms with van der Waals surface area (Å²) < 4.78 is 0. The molecule has 2 aromatic rings. The highest BCUT2D eigenvalue weighted by atomic mass is 35.5. The third kappa shape index (κ3) is 4.53. The molecule has 0 fully saturated rings. The summed E-state index contributed by atoms with van der Waals surface area (Å²) >= 11 is 6.20. The average Bonchev–Trinajstić information content (AvgIpc) is 2.54. The third-order valence-electron chi connectivity index (χ3n) is 3.32. The molecule has 120 valence electrons. The second-order valence-electron chi connectivity index (χ2n) is 5.41. The Morgan fingerprint density at radius 1 is 1.09 bits per heavy atom. The molecule has 0 aliphatic carbocycles. The number of pyridine rings is 1. The summed E-state index contributed by atoms with van der Waals surface area (Å²) in [5, 5.41) is 5.80. The molecule has 0 saturated heterocycles. The van der Waals surface area contributed by atoms with Crippen molar-refractivity contribution < 1.29 is 9.59 Å². The van der Waals surface area contributed by atoms with Gasteiger partial charge in [0.1, 0.15) is 0 Å². The Balaban J connectivity index is 2.09. The predicted molar refractivity (Wildman–Crippen MR) is 90.0 cm³/mol. The van der Waals surface area contributed by atoms with Crippen molar-refractivity contribution in [3.63, 3.8) is 0 Å². The van der Waals surface area contributed by atoms with Gasteiger partial charge in [0, 0.05) is 11.2 Å². The van der Waals surface area contributed by atoms with Crippen LogP contribution in [-0.2, 0) is 9.59 Å². The van der Waals surface area contributed by atoms with Crippen molar-refractivity contribution in [2.45, 2.75) is 19.9 Å². The highest BCUT2D eigenvalue weighted by molar-refractivity contribution is 6.39. The number of nitrogens with one attached hydrogen (secondary N) is 2. The van der Waals surface area contributed by atoms with Crippen LogP contribution in [0, 0.1) is 5.92 Å². The Kier molecular flexibility index (Phi) is 5.71. The number of carbonyl (C=O) groups excluding carboxylic acids is 2. The molecule has 1 aromatic heterocycles. The van der Waals surface area contributed by atoms with Crippen LogP contribution in [-0.4, -0.2) is 16.8 Å². The van der Waals surface area contributed by atoms with E-state index in [0.717, 1.165) is 5.56 Å². The van der Waals surface area contributed by atoms with E-state index in [1.807, 2.05) is 32.0 Å². The van der Waals surface area contributed by atoms with E-state index in [0.29, 0.717) is 10.7 Å². The molecule has 2 rings (SSSR count). The molecule has 0 bridgehead atoms. The van der Waals surface area contributed by atoms with Crippen LogP contribution in [0.4, 0.5) is 5.69 Å². The lowest BCUT2D eigenvalue weighted by atomic mass is 9.96. The van der Waals surface area contributed by atoms with E-state index in [9.17, 15) is 9.59 Å². The van der Waals surface area contributed by atoms with Crippen molar-refractivity contribution >= 4 is 29.1 Å². The number of aromatic nitrogens is 1. The zero-order valence-electron chi connectivity index (χ0n) is 12.9. The fourth-order valence-corrected chi connectivity index (χ4v) is 2.42. The van der Waals surface area contributed by atoms with E-state index < -0.39 is 11.8 Å². The van der Waals surface area contributed by atoms with Crippen LogP contribution in [0.25, 0.3) is 0 Å². The summed E-state index contributed by atoms with van der Waals surface area (Å²) in [5.41, 5.74) is 1.25. The van der Waals surface area contributed by atoms with Gasteiger partial charge in [-0.15, -0.1) is 0 Å². The lowest BCUT2D eigenvalue weighted by Gasteiger charge is -2.23. The largest absolute Gasteiger partial charge is 0.341 e. The molecule has 1 aromatic carbocycles. The summed E-state index contributed by atoms with van der Waals surface area (Å²) in [4.78, 5) is 28.0. The quantitative estimate of drug-likeness (QED) is 0.845. The molecule has 0 radical (unpaired) electrons. The minimum atomic E-state index is -0.740. The highest BCUT2D eigenvalue weighted by Gasteiger charge is 2.24. The van der Waals surface area contributed by atoms with Crippen LogP contribution >= 0.6 is 11.6 Å². The lowest BCUT2D eigenvalue weighted by molar-refractivity contribution is -0.136. The van der Waals surface area contributed by atoms with Gasteiger partial charge in [0.25, 0.3) is 0 Å². The number of benzene rings is 1. The van der Waals surface area contributed by atoms with E-state index >= 15 is 0 Å². The van der Waals surface area contributed by atoms with Crippen LogP contribution in [0.3, 0.4) is 0 Å². The van der Waals surface area contributed by atoms with Gasteiger partial charge >= 0.3 is 11.8 Å². The lowest BCUT2D eigenvalue weighted by Crippen LogP contribution is -2.39. The predicted octanol–water partition coefficient (Wildman–Crippen LogP) is 3.19. The van der Waals surface area contributed by atoms with Gasteiger partial charge in [0.05, 0.1) is 17.9 Å². The van der Waals surface area contributed by atoms with Crippen molar-refractivity contribution in [2.24, 2.45) is 5.92 Å². The van der Waals surface area contributed by atoms with Crippen LogP contribution in [0.1, 0.15) is 25.5 Å². The summed E-state index contributed by atoms with van der Waals surface area (Å²) in [6.07, 6.45) is 3.06. The van der Waals surface area contributed by atoms with Crippen molar-refractivity contribution in [1.82, 2.24) is 10.3 Å². The van der Waals surface area contributed by atoms with E-state index in [4.69, 9.17) is 11.6 Å². The molecule has 5 nitrogen and oxygen atoms in total. The number of nitrogens with zero attached hydrogens (tertiary/aromatic N) is 1. The van der Waals surface area contributed by atoms with E-state index in [-0.39, 0.29) is 12.0 Å². The maximum atomic E-state index is 12.2. The Morgan fingerprint density at radius 2 is 1.83 bits per heavy atom. The summed E-state index contributed by atoms with van der Waals surface area (Å²) in [6.45, 7) is 3.90. The van der Waals surface area contributed by atoms with Crippen LogP contribution in [0.2, 0.25) is 5.02 Å². The van der Waals surface area contributed by atoms with Gasteiger partial charge in [-0.25, -0.2) is 0 Å². The van der Waals surface area contributed by atoms with E-state index in [2.05, 4.69) is 15.6 Å².